The lowest BCUT2D eigenvalue weighted by Gasteiger charge is -2.08. The van der Waals surface area contributed by atoms with Crippen LogP contribution in [-0.4, -0.2) is 16.1 Å². The molecule has 0 atom stereocenters. The predicted octanol–water partition coefficient (Wildman–Crippen LogP) is 3.77. The Hall–Kier alpha value is -1.68. The first-order valence-electron chi connectivity index (χ1n) is 5.61. The van der Waals surface area contributed by atoms with Gasteiger partial charge in [0.05, 0.1) is 17.0 Å². The van der Waals surface area contributed by atoms with Crippen molar-refractivity contribution in [1.82, 2.24) is 4.98 Å². The number of aryl methyl sites for hydroxylation is 1. The zero-order chi connectivity index (χ0) is 13.1. The molecule has 0 aliphatic carbocycles. The van der Waals surface area contributed by atoms with E-state index in [0.29, 0.717) is 12.1 Å². The van der Waals surface area contributed by atoms with Crippen LogP contribution in [0.25, 0.3) is 11.3 Å². The molecule has 92 valence electrons. The molecule has 1 aromatic carbocycles. The number of rotatable bonds is 3. The summed E-state index contributed by atoms with van der Waals surface area (Å²) < 4.78 is 0.947. The van der Waals surface area contributed by atoms with E-state index in [2.05, 4.69) is 20.9 Å². The number of carbonyl (C=O) groups is 1. The van der Waals surface area contributed by atoms with E-state index in [0.717, 1.165) is 15.7 Å². The van der Waals surface area contributed by atoms with Gasteiger partial charge in [0.1, 0.15) is 0 Å². The van der Waals surface area contributed by atoms with Crippen LogP contribution in [0.5, 0.6) is 0 Å². The summed E-state index contributed by atoms with van der Waals surface area (Å²) in [5.74, 6) is -0.932. The van der Waals surface area contributed by atoms with Crippen molar-refractivity contribution in [2.24, 2.45) is 0 Å². The summed E-state index contributed by atoms with van der Waals surface area (Å²) in [5.41, 5.74) is 2.62. The lowest BCUT2D eigenvalue weighted by Crippen LogP contribution is -2.04. The summed E-state index contributed by atoms with van der Waals surface area (Å²) in [6.45, 7) is 1.90. The maximum absolute atomic E-state index is 11.0. The average Bonchev–Trinajstić information content (AvgIpc) is 2.38. The topological polar surface area (TPSA) is 50.2 Å². The maximum Gasteiger partial charge on any atom is 0.337 e. The van der Waals surface area contributed by atoms with E-state index in [1.165, 1.54) is 0 Å². The third-order valence-corrected chi connectivity index (χ3v) is 3.38. The van der Waals surface area contributed by atoms with E-state index in [1.54, 1.807) is 12.1 Å². The van der Waals surface area contributed by atoms with Crippen LogP contribution in [0, 0.1) is 0 Å². The first-order valence-corrected chi connectivity index (χ1v) is 6.41. The maximum atomic E-state index is 11.0. The SMILES string of the molecule is CCc1nc(-c2ccccc2Br)ccc1C(=O)O. The number of hydrogen-bond donors (Lipinski definition) is 1. The Bertz CT molecular complexity index is 596. The average molecular weight is 306 g/mol. The Morgan fingerprint density at radius 3 is 2.61 bits per heavy atom. The summed E-state index contributed by atoms with van der Waals surface area (Å²) in [6, 6.07) is 11.1. The molecular weight excluding hydrogens is 294 g/mol. The largest absolute Gasteiger partial charge is 0.478 e. The highest BCUT2D eigenvalue weighted by molar-refractivity contribution is 9.10. The van der Waals surface area contributed by atoms with Crippen molar-refractivity contribution in [3.63, 3.8) is 0 Å². The number of nitrogens with zero attached hydrogens (tertiary/aromatic N) is 1. The van der Waals surface area contributed by atoms with Crippen molar-refractivity contribution in [2.75, 3.05) is 0 Å². The first-order chi connectivity index (χ1) is 8.63. The molecular formula is C14H12BrNO2. The smallest absolute Gasteiger partial charge is 0.337 e. The Kier molecular flexibility index (Phi) is 3.77. The molecule has 0 bridgehead atoms. The van der Waals surface area contributed by atoms with Gasteiger partial charge in [-0.1, -0.05) is 41.1 Å². The van der Waals surface area contributed by atoms with Crippen LogP contribution >= 0.6 is 15.9 Å². The highest BCUT2D eigenvalue weighted by atomic mass is 79.9. The van der Waals surface area contributed by atoms with Gasteiger partial charge in [-0.25, -0.2) is 4.79 Å². The van der Waals surface area contributed by atoms with Crippen molar-refractivity contribution >= 4 is 21.9 Å². The minimum absolute atomic E-state index is 0.272. The number of halogens is 1. The van der Waals surface area contributed by atoms with Gasteiger partial charge in [-0.15, -0.1) is 0 Å². The number of hydrogen-bond acceptors (Lipinski definition) is 2. The summed E-state index contributed by atoms with van der Waals surface area (Å²) >= 11 is 3.47. The van der Waals surface area contributed by atoms with Crippen molar-refractivity contribution in [2.45, 2.75) is 13.3 Å². The Morgan fingerprint density at radius 1 is 1.28 bits per heavy atom. The fraction of sp³-hybridized carbons (Fsp3) is 0.143. The third-order valence-electron chi connectivity index (χ3n) is 2.69. The molecule has 0 saturated heterocycles. The van der Waals surface area contributed by atoms with E-state index in [1.807, 2.05) is 31.2 Å². The van der Waals surface area contributed by atoms with Crippen LogP contribution in [0.2, 0.25) is 0 Å². The van der Waals surface area contributed by atoms with Crippen LogP contribution < -0.4 is 0 Å². The number of aromatic nitrogens is 1. The zero-order valence-corrected chi connectivity index (χ0v) is 11.4. The molecule has 2 rings (SSSR count). The molecule has 0 unspecified atom stereocenters. The van der Waals surface area contributed by atoms with Gasteiger partial charge in [-0.3, -0.25) is 4.98 Å². The number of carboxylic acid groups (broad SMARTS) is 1. The first kappa shape index (κ1) is 12.8. The predicted molar refractivity (Wildman–Crippen MR) is 73.7 cm³/mol. The molecule has 2 aromatic rings. The second-order valence-corrected chi connectivity index (χ2v) is 4.68. The standard InChI is InChI=1S/C14H12BrNO2/c1-2-12-10(14(17)18)7-8-13(16-12)9-5-3-4-6-11(9)15/h3-8H,2H2,1H3,(H,17,18). The van der Waals surface area contributed by atoms with E-state index >= 15 is 0 Å². The number of benzene rings is 1. The Balaban J connectivity index is 2.55. The van der Waals surface area contributed by atoms with Crippen LogP contribution in [0.15, 0.2) is 40.9 Å². The zero-order valence-electron chi connectivity index (χ0n) is 9.85. The van der Waals surface area contributed by atoms with Gasteiger partial charge in [0.2, 0.25) is 0 Å². The Morgan fingerprint density at radius 2 is 2.00 bits per heavy atom. The quantitative estimate of drug-likeness (QED) is 0.939. The normalized spacial score (nSPS) is 10.3. The molecule has 3 nitrogen and oxygen atoms in total. The van der Waals surface area contributed by atoms with Crippen LogP contribution in [0.4, 0.5) is 0 Å². The molecule has 18 heavy (non-hydrogen) atoms. The van der Waals surface area contributed by atoms with Gasteiger partial charge in [-0.2, -0.15) is 0 Å². The summed E-state index contributed by atoms with van der Waals surface area (Å²) in [5, 5.41) is 9.06. The van der Waals surface area contributed by atoms with Crippen molar-refractivity contribution in [1.29, 1.82) is 0 Å². The monoisotopic (exact) mass is 305 g/mol. The van der Waals surface area contributed by atoms with Crippen molar-refractivity contribution in [3.8, 4) is 11.3 Å². The number of pyridine rings is 1. The summed E-state index contributed by atoms with van der Waals surface area (Å²) in [6.07, 6.45) is 0.597. The molecule has 1 aromatic heterocycles. The van der Waals surface area contributed by atoms with Gasteiger partial charge in [0.15, 0.2) is 0 Å². The fourth-order valence-corrected chi connectivity index (χ4v) is 2.27. The lowest BCUT2D eigenvalue weighted by molar-refractivity contribution is 0.0695. The molecule has 0 aliphatic heterocycles. The molecule has 1 heterocycles. The van der Waals surface area contributed by atoms with Crippen molar-refractivity contribution in [3.05, 3.63) is 52.1 Å². The highest BCUT2D eigenvalue weighted by Gasteiger charge is 2.12. The Labute approximate surface area is 114 Å². The molecule has 0 saturated carbocycles. The van der Waals surface area contributed by atoms with Gasteiger partial charge < -0.3 is 5.11 Å². The van der Waals surface area contributed by atoms with E-state index < -0.39 is 5.97 Å². The van der Waals surface area contributed by atoms with Gasteiger partial charge in [0.25, 0.3) is 0 Å². The molecule has 0 amide bonds. The van der Waals surface area contributed by atoms with Crippen LogP contribution in [0.1, 0.15) is 23.0 Å². The summed E-state index contributed by atoms with van der Waals surface area (Å²) in [7, 11) is 0. The van der Waals surface area contributed by atoms with Gasteiger partial charge >= 0.3 is 5.97 Å². The van der Waals surface area contributed by atoms with Crippen LogP contribution in [0.3, 0.4) is 0 Å². The minimum Gasteiger partial charge on any atom is -0.478 e. The molecule has 0 radical (unpaired) electrons. The summed E-state index contributed by atoms with van der Waals surface area (Å²) in [4.78, 5) is 15.5. The lowest BCUT2D eigenvalue weighted by atomic mass is 10.1. The van der Waals surface area contributed by atoms with Gasteiger partial charge in [0, 0.05) is 10.0 Å². The molecule has 0 fully saturated rings. The van der Waals surface area contributed by atoms with E-state index in [4.69, 9.17) is 5.11 Å². The van der Waals surface area contributed by atoms with Gasteiger partial charge in [-0.05, 0) is 24.6 Å². The molecule has 4 heteroatoms. The third kappa shape index (κ3) is 2.43. The molecule has 1 N–H and O–H groups in total. The fourth-order valence-electron chi connectivity index (χ4n) is 1.78. The minimum atomic E-state index is -0.932. The van der Waals surface area contributed by atoms with E-state index in [-0.39, 0.29) is 5.56 Å². The number of carboxylic acids is 1. The highest BCUT2D eigenvalue weighted by Crippen LogP contribution is 2.27. The molecule has 0 spiro atoms. The van der Waals surface area contributed by atoms with Crippen LogP contribution in [-0.2, 0) is 6.42 Å². The number of aromatic carboxylic acids is 1. The second-order valence-electron chi connectivity index (χ2n) is 3.83. The van der Waals surface area contributed by atoms with E-state index in [9.17, 15) is 4.79 Å². The molecule has 0 aliphatic rings. The second kappa shape index (κ2) is 5.31. The van der Waals surface area contributed by atoms with Crippen molar-refractivity contribution < 1.29 is 9.90 Å².